The molecule has 5 heteroatoms. The number of hydrogen-bond acceptors (Lipinski definition) is 3. The molecule has 0 atom stereocenters. The molecule has 0 saturated heterocycles. The molecule has 1 rings (SSSR count). The SMILES string of the molecule is N#Cc1cc(C(=O)O)c(Br)cn1. The molecule has 0 aliphatic heterocycles. The quantitative estimate of drug-likeness (QED) is 0.786. The van der Waals surface area contributed by atoms with Crippen molar-refractivity contribution in [3.05, 3.63) is 28.0 Å². The van der Waals surface area contributed by atoms with Gasteiger partial charge in [0.2, 0.25) is 0 Å². The fraction of sp³-hybridized carbons (Fsp3) is 0. The van der Waals surface area contributed by atoms with Gasteiger partial charge in [0.25, 0.3) is 0 Å². The van der Waals surface area contributed by atoms with Gasteiger partial charge in [0.15, 0.2) is 0 Å². The molecule has 1 aromatic rings. The Kier molecular flexibility index (Phi) is 2.41. The second-order valence-corrected chi connectivity index (χ2v) is 2.82. The number of rotatable bonds is 1. The second kappa shape index (κ2) is 3.32. The van der Waals surface area contributed by atoms with Gasteiger partial charge in [-0.05, 0) is 22.0 Å². The lowest BCUT2D eigenvalue weighted by atomic mass is 10.2. The number of nitriles is 1. The summed E-state index contributed by atoms with van der Waals surface area (Å²) in [6, 6.07) is 2.97. The monoisotopic (exact) mass is 226 g/mol. The van der Waals surface area contributed by atoms with Crippen molar-refractivity contribution in [3.8, 4) is 6.07 Å². The first-order chi connectivity index (χ1) is 5.65. The molecule has 4 nitrogen and oxygen atoms in total. The van der Waals surface area contributed by atoms with Crippen molar-refractivity contribution < 1.29 is 9.90 Å². The minimum Gasteiger partial charge on any atom is -0.478 e. The van der Waals surface area contributed by atoms with Gasteiger partial charge in [-0.15, -0.1) is 0 Å². The van der Waals surface area contributed by atoms with Crippen molar-refractivity contribution >= 4 is 21.9 Å². The molecule has 0 aliphatic carbocycles. The summed E-state index contributed by atoms with van der Waals surface area (Å²) in [4.78, 5) is 14.2. The number of aromatic carboxylic acids is 1. The average molecular weight is 227 g/mol. The van der Waals surface area contributed by atoms with Crippen molar-refractivity contribution in [1.29, 1.82) is 5.26 Å². The standard InChI is InChI=1S/C7H3BrN2O2/c8-6-3-10-4(2-9)1-5(6)7(11)12/h1,3H,(H,11,12). The highest BCUT2D eigenvalue weighted by molar-refractivity contribution is 9.10. The summed E-state index contributed by atoms with van der Waals surface area (Å²) in [7, 11) is 0. The van der Waals surface area contributed by atoms with Crippen molar-refractivity contribution in [3.63, 3.8) is 0 Å². The van der Waals surface area contributed by atoms with Crippen LogP contribution in [0.1, 0.15) is 16.1 Å². The van der Waals surface area contributed by atoms with E-state index in [1.165, 1.54) is 12.3 Å². The van der Waals surface area contributed by atoms with E-state index >= 15 is 0 Å². The van der Waals surface area contributed by atoms with Crippen LogP contribution in [0.15, 0.2) is 16.7 Å². The van der Waals surface area contributed by atoms with Crippen LogP contribution in [0.5, 0.6) is 0 Å². The third-order valence-corrected chi connectivity index (χ3v) is 1.83. The topological polar surface area (TPSA) is 74.0 Å². The highest BCUT2D eigenvalue weighted by Crippen LogP contribution is 2.15. The normalized spacial score (nSPS) is 9.00. The molecule has 1 N–H and O–H groups in total. The zero-order valence-corrected chi connectivity index (χ0v) is 7.37. The lowest BCUT2D eigenvalue weighted by Gasteiger charge is -1.96. The first kappa shape index (κ1) is 8.68. The molecule has 0 saturated carbocycles. The lowest BCUT2D eigenvalue weighted by molar-refractivity contribution is 0.0695. The predicted octanol–water partition coefficient (Wildman–Crippen LogP) is 1.41. The van der Waals surface area contributed by atoms with Gasteiger partial charge < -0.3 is 5.11 Å². The lowest BCUT2D eigenvalue weighted by Crippen LogP contribution is -1.99. The number of hydrogen-bond donors (Lipinski definition) is 1. The predicted molar refractivity (Wildman–Crippen MR) is 43.6 cm³/mol. The van der Waals surface area contributed by atoms with Crippen LogP contribution in [0.25, 0.3) is 0 Å². The Morgan fingerprint density at radius 1 is 1.75 bits per heavy atom. The van der Waals surface area contributed by atoms with E-state index in [1.807, 2.05) is 0 Å². The van der Waals surface area contributed by atoms with Crippen LogP contribution in [0.3, 0.4) is 0 Å². The third kappa shape index (κ3) is 1.60. The van der Waals surface area contributed by atoms with Gasteiger partial charge in [0, 0.05) is 6.20 Å². The van der Waals surface area contributed by atoms with Crippen LogP contribution >= 0.6 is 15.9 Å². The number of nitrogens with zero attached hydrogens (tertiary/aromatic N) is 2. The summed E-state index contributed by atoms with van der Waals surface area (Å²) < 4.78 is 0.369. The molecule has 0 aliphatic rings. The molecule has 1 aromatic heterocycles. The third-order valence-electron chi connectivity index (χ3n) is 1.20. The summed E-state index contributed by atoms with van der Waals surface area (Å²) in [5.41, 5.74) is 0.136. The van der Waals surface area contributed by atoms with Gasteiger partial charge in [0.05, 0.1) is 10.0 Å². The van der Waals surface area contributed by atoms with Gasteiger partial charge >= 0.3 is 5.97 Å². The van der Waals surface area contributed by atoms with E-state index in [9.17, 15) is 4.79 Å². The summed E-state index contributed by atoms with van der Waals surface area (Å²) in [5, 5.41) is 17.0. The minimum absolute atomic E-state index is 0.0431. The Labute approximate surface area is 76.6 Å². The molecular weight excluding hydrogens is 224 g/mol. The highest BCUT2D eigenvalue weighted by Gasteiger charge is 2.09. The van der Waals surface area contributed by atoms with E-state index in [1.54, 1.807) is 6.07 Å². The van der Waals surface area contributed by atoms with E-state index in [0.29, 0.717) is 4.47 Å². The average Bonchev–Trinajstić information content (AvgIpc) is 2.05. The molecule has 0 fully saturated rings. The molecule has 0 radical (unpaired) electrons. The van der Waals surface area contributed by atoms with Crippen molar-refractivity contribution in [2.75, 3.05) is 0 Å². The number of carboxylic acid groups (broad SMARTS) is 1. The number of carboxylic acids is 1. The minimum atomic E-state index is -1.08. The first-order valence-electron chi connectivity index (χ1n) is 2.94. The van der Waals surface area contributed by atoms with Crippen LogP contribution in [0, 0.1) is 11.3 Å². The van der Waals surface area contributed by atoms with Gasteiger partial charge in [-0.3, -0.25) is 0 Å². The van der Waals surface area contributed by atoms with Crippen LogP contribution in [0.4, 0.5) is 0 Å². The van der Waals surface area contributed by atoms with Gasteiger partial charge in [-0.1, -0.05) is 0 Å². The number of carbonyl (C=O) groups is 1. The molecule has 12 heavy (non-hydrogen) atoms. The number of pyridine rings is 1. The van der Waals surface area contributed by atoms with E-state index in [4.69, 9.17) is 10.4 Å². The van der Waals surface area contributed by atoms with Crippen LogP contribution in [-0.2, 0) is 0 Å². The van der Waals surface area contributed by atoms with Crippen molar-refractivity contribution in [2.24, 2.45) is 0 Å². The summed E-state index contributed by atoms with van der Waals surface area (Å²) in [6.07, 6.45) is 1.29. The highest BCUT2D eigenvalue weighted by atomic mass is 79.9. The van der Waals surface area contributed by atoms with Gasteiger partial charge in [0.1, 0.15) is 11.8 Å². The smallest absolute Gasteiger partial charge is 0.337 e. The molecule has 0 amide bonds. The fourth-order valence-corrected chi connectivity index (χ4v) is 1.05. The largest absolute Gasteiger partial charge is 0.478 e. The van der Waals surface area contributed by atoms with Crippen LogP contribution in [-0.4, -0.2) is 16.1 Å². The van der Waals surface area contributed by atoms with E-state index in [-0.39, 0.29) is 11.3 Å². The number of aromatic nitrogens is 1. The molecule has 0 aromatic carbocycles. The maximum absolute atomic E-state index is 10.5. The molecule has 0 spiro atoms. The molecule has 1 heterocycles. The van der Waals surface area contributed by atoms with E-state index in [0.717, 1.165) is 0 Å². The number of halogens is 1. The molecule has 0 bridgehead atoms. The Bertz CT molecular complexity index is 370. The molecule has 0 unspecified atom stereocenters. The van der Waals surface area contributed by atoms with Gasteiger partial charge in [-0.2, -0.15) is 5.26 Å². The fourth-order valence-electron chi connectivity index (χ4n) is 0.664. The summed E-state index contributed by atoms with van der Waals surface area (Å²) >= 11 is 3.01. The molecular formula is C7H3BrN2O2. The van der Waals surface area contributed by atoms with E-state index in [2.05, 4.69) is 20.9 Å². The van der Waals surface area contributed by atoms with E-state index < -0.39 is 5.97 Å². The van der Waals surface area contributed by atoms with Crippen molar-refractivity contribution in [2.45, 2.75) is 0 Å². The summed E-state index contributed by atoms with van der Waals surface area (Å²) in [5.74, 6) is -1.08. The van der Waals surface area contributed by atoms with Gasteiger partial charge in [-0.25, -0.2) is 9.78 Å². The first-order valence-corrected chi connectivity index (χ1v) is 3.73. The zero-order chi connectivity index (χ0) is 9.14. The Balaban J connectivity index is 3.28. The maximum atomic E-state index is 10.5. The Morgan fingerprint density at radius 2 is 2.42 bits per heavy atom. The Hall–Kier alpha value is -1.41. The Morgan fingerprint density at radius 3 is 2.92 bits per heavy atom. The van der Waals surface area contributed by atoms with Crippen LogP contribution < -0.4 is 0 Å². The summed E-state index contributed by atoms with van der Waals surface area (Å²) in [6.45, 7) is 0. The maximum Gasteiger partial charge on any atom is 0.337 e. The second-order valence-electron chi connectivity index (χ2n) is 1.97. The molecule has 60 valence electrons. The zero-order valence-electron chi connectivity index (χ0n) is 5.78. The van der Waals surface area contributed by atoms with Crippen LogP contribution in [0.2, 0.25) is 0 Å². The van der Waals surface area contributed by atoms with Crippen molar-refractivity contribution in [1.82, 2.24) is 4.98 Å².